The normalized spacial score (nSPS) is 23.0. The molecule has 0 saturated carbocycles. The van der Waals surface area contributed by atoms with E-state index < -0.39 is 5.97 Å². The average Bonchev–Trinajstić information content (AvgIpc) is 3.49. The van der Waals surface area contributed by atoms with E-state index in [2.05, 4.69) is 43.3 Å². The second kappa shape index (κ2) is 11.9. The summed E-state index contributed by atoms with van der Waals surface area (Å²) in [6.45, 7) is 4.59. The van der Waals surface area contributed by atoms with Crippen molar-refractivity contribution in [2.24, 2.45) is 23.0 Å². The minimum absolute atomic E-state index is 0.00287. The lowest BCUT2D eigenvalue weighted by Gasteiger charge is -2.46. The van der Waals surface area contributed by atoms with E-state index >= 15 is 0 Å². The van der Waals surface area contributed by atoms with Crippen LogP contribution in [0.15, 0.2) is 46.7 Å². The maximum Gasteiger partial charge on any atom is 0.300 e. The summed E-state index contributed by atoms with van der Waals surface area (Å²) in [5, 5.41) is 21.1. The maximum atomic E-state index is 9.00. The van der Waals surface area contributed by atoms with Gasteiger partial charge in [-0.05, 0) is 43.0 Å². The molecule has 2 aromatic rings. The van der Waals surface area contributed by atoms with Gasteiger partial charge in [0, 0.05) is 56.9 Å². The number of aliphatic carboxylic acids is 1. The number of carbonyl (C=O) groups is 1. The highest BCUT2D eigenvalue weighted by Gasteiger charge is 2.37. The van der Waals surface area contributed by atoms with E-state index in [1.807, 2.05) is 30.1 Å². The molecular weight excluding hydrogens is 482 g/mol. The van der Waals surface area contributed by atoms with Gasteiger partial charge in [0.25, 0.3) is 5.97 Å². The van der Waals surface area contributed by atoms with Gasteiger partial charge in [-0.2, -0.15) is 5.10 Å². The van der Waals surface area contributed by atoms with E-state index in [1.54, 1.807) is 0 Å². The zero-order valence-corrected chi connectivity index (χ0v) is 21.5. The summed E-state index contributed by atoms with van der Waals surface area (Å²) in [6.07, 6.45) is 5.78. The number of aryl methyl sites for hydroxylation is 1. The van der Waals surface area contributed by atoms with Crippen LogP contribution in [0.2, 0.25) is 5.02 Å². The van der Waals surface area contributed by atoms with Crippen molar-refractivity contribution in [3.63, 3.8) is 0 Å². The lowest BCUT2D eigenvalue weighted by Crippen LogP contribution is -2.55. The number of nitrogens with two attached hydrogens (primary N) is 1. The van der Waals surface area contributed by atoms with Crippen LogP contribution in [-0.2, 0) is 23.0 Å². The molecule has 2 atom stereocenters. The number of hydrogen-bond donors (Lipinski definition) is 2. The first-order chi connectivity index (χ1) is 17.3. The molecule has 0 unspecified atom stereocenters. The largest absolute Gasteiger partial charge is 0.481 e. The number of morpholine rings is 1. The van der Waals surface area contributed by atoms with E-state index in [0.717, 1.165) is 62.4 Å². The third-order valence-corrected chi connectivity index (χ3v) is 6.97. The van der Waals surface area contributed by atoms with Gasteiger partial charge in [0.15, 0.2) is 0 Å². The fourth-order valence-corrected chi connectivity index (χ4v) is 5.13. The predicted octanol–water partition coefficient (Wildman–Crippen LogP) is 2.69. The number of rotatable bonds is 4. The standard InChI is InChI=1S/C23H30ClN7O.C2H4O2/c1-29-9-8-20(28-29)21-14-31(19(15-32-21)12-16-2-4-17(24)5-3-16)18-6-10-30(11-7-18)23-13-22(25)26-27-23;1-2(3)4/h2-5,8-9,18-19,21H,6-7,10-15H2,1H3,(H2,25,26);1H3,(H,3,4)/t19-,21+;/m0./s1. The lowest BCUT2D eigenvalue weighted by atomic mass is 9.95. The second-order valence-corrected chi connectivity index (χ2v) is 9.88. The maximum absolute atomic E-state index is 9.00. The molecule has 0 radical (unpaired) electrons. The summed E-state index contributed by atoms with van der Waals surface area (Å²) >= 11 is 6.10. The highest BCUT2D eigenvalue weighted by molar-refractivity contribution is 6.30. The Balaban J connectivity index is 0.000000709. The number of piperidine rings is 1. The van der Waals surface area contributed by atoms with Crippen molar-refractivity contribution in [2.45, 2.75) is 50.8 Å². The number of nitrogens with zero attached hydrogens (tertiary/aromatic N) is 6. The minimum atomic E-state index is -0.833. The Bertz CT molecular complexity index is 1090. The zero-order valence-electron chi connectivity index (χ0n) is 20.8. The molecule has 1 aromatic heterocycles. The Morgan fingerprint density at radius 3 is 2.47 bits per heavy atom. The Labute approximate surface area is 216 Å². The van der Waals surface area contributed by atoms with Crippen LogP contribution in [0.3, 0.4) is 0 Å². The zero-order chi connectivity index (χ0) is 25.7. The summed E-state index contributed by atoms with van der Waals surface area (Å²) in [6, 6.07) is 11.1. The van der Waals surface area contributed by atoms with Crippen molar-refractivity contribution in [3.8, 4) is 0 Å². The molecule has 3 aliphatic heterocycles. The van der Waals surface area contributed by atoms with E-state index in [0.29, 0.717) is 30.9 Å². The summed E-state index contributed by atoms with van der Waals surface area (Å²) in [5.74, 6) is 0.781. The first-order valence-corrected chi connectivity index (χ1v) is 12.6. The number of ether oxygens (including phenoxy) is 1. The molecule has 0 aliphatic carbocycles. The van der Waals surface area contributed by atoms with E-state index in [1.165, 1.54) is 5.56 Å². The molecule has 2 fully saturated rings. The molecule has 10 nitrogen and oxygen atoms in total. The number of amidine groups is 2. The van der Waals surface area contributed by atoms with Gasteiger partial charge in [0.05, 0.1) is 18.7 Å². The molecule has 0 amide bonds. The smallest absolute Gasteiger partial charge is 0.300 e. The number of halogens is 1. The number of likely N-dealkylation sites (tertiary alicyclic amines) is 1. The van der Waals surface area contributed by atoms with Gasteiger partial charge in [0.2, 0.25) is 0 Å². The Hall–Kier alpha value is -2.95. The SMILES string of the molecule is CC(=O)O.Cn1ccc([C@H]2CN(C3CCN(C4=NN=C(N)C4)CC3)[C@@H](Cc3ccc(Cl)cc3)CO2)n1. The van der Waals surface area contributed by atoms with Crippen LogP contribution in [0.5, 0.6) is 0 Å². The molecule has 0 bridgehead atoms. The van der Waals surface area contributed by atoms with Crippen molar-refractivity contribution in [3.05, 3.63) is 52.8 Å². The number of hydrogen-bond acceptors (Lipinski definition) is 8. The van der Waals surface area contributed by atoms with Crippen LogP contribution in [-0.4, -0.2) is 80.7 Å². The fraction of sp³-hybridized carbons (Fsp3) is 0.520. The molecule has 3 N–H and O–H groups in total. The number of carboxylic acid groups (broad SMARTS) is 1. The number of aromatic nitrogens is 2. The van der Waals surface area contributed by atoms with Gasteiger partial charge >= 0.3 is 0 Å². The van der Waals surface area contributed by atoms with Crippen LogP contribution in [0.1, 0.15) is 43.5 Å². The second-order valence-electron chi connectivity index (χ2n) is 9.44. The molecule has 2 saturated heterocycles. The third kappa shape index (κ3) is 6.83. The highest BCUT2D eigenvalue weighted by Crippen LogP contribution is 2.31. The summed E-state index contributed by atoms with van der Waals surface area (Å²) in [7, 11) is 1.95. The van der Waals surface area contributed by atoms with Gasteiger partial charge in [-0.1, -0.05) is 23.7 Å². The highest BCUT2D eigenvalue weighted by atomic mass is 35.5. The van der Waals surface area contributed by atoms with Crippen LogP contribution < -0.4 is 5.73 Å². The molecule has 36 heavy (non-hydrogen) atoms. The first kappa shape index (κ1) is 26.1. The van der Waals surface area contributed by atoms with Gasteiger partial charge in [-0.3, -0.25) is 14.4 Å². The lowest BCUT2D eigenvalue weighted by molar-refractivity contribution is -0.134. The Morgan fingerprint density at radius 2 is 1.89 bits per heavy atom. The third-order valence-electron chi connectivity index (χ3n) is 6.72. The summed E-state index contributed by atoms with van der Waals surface area (Å²) in [5.41, 5.74) is 8.11. The van der Waals surface area contributed by atoms with Gasteiger partial charge in [-0.25, -0.2) is 0 Å². The quantitative estimate of drug-likeness (QED) is 0.642. The Morgan fingerprint density at radius 1 is 1.19 bits per heavy atom. The van der Waals surface area contributed by atoms with Crippen molar-refractivity contribution >= 4 is 29.2 Å². The molecule has 1 aromatic carbocycles. The summed E-state index contributed by atoms with van der Waals surface area (Å²) in [4.78, 5) is 14.0. The van der Waals surface area contributed by atoms with Crippen LogP contribution in [0.25, 0.3) is 0 Å². The Kier molecular flexibility index (Phi) is 8.60. The van der Waals surface area contributed by atoms with Crippen molar-refractivity contribution in [1.29, 1.82) is 0 Å². The number of benzene rings is 1. The first-order valence-electron chi connectivity index (χ1n) is 12.2. The number of carboxylic acids is 1. The molecule has 0 spiro atoms. The molecular formula is C25H34ClN7O3. The van der Waals surface area contributed by atoms with E-state index in [4.69, 9.17) is 32.0 Å². The monoisotopic (exact) mass is 515 g/mol. The van der Waals surface area contributed by atoms with Crippen molar-refractivity contribution < 1.29 is 14.6 Å². The molecule has 194 valence electrons. The van der Waals surface area contributed by atoms with Crippen molar-refractivity contribution in [1.82, 2.24) is 19.6 Å². The van der Waals surface area contributed by atoms with E-state index in [9.17, 15) is 0 Å². The van der Waals surface area contributed by atoms with Crippen LogP contribution in [0.4, 0.5) is 0 Å². The van der Waals surface area contributed by atoms with Crippen LogP contribution in [0, 0.1) is 0 Å². The predicted molar refractivity (Wildman–Crippen MR) is 139 cm³/mol. The minimum Gasteiger partial charge on any atom is -0.481 e. The van der Waals surface area contributed by atoms with E-state index in [-0.39, 0.29) is 6.10 Å². The summed E-state index contributed by atoms with van der Waals surface area (Å²) < 4.78 is 8.16. The average molecular weight is 516 g/mol. The molecule has 5 rings (SSSR count). The van der Waals surface area contributed by atoms with Gasteiger partial charge in [-0.15, -0.1) is 10.2 Å². The fourth-order valence-electron chi connectivity index (χ4n) is 5.00. The molecule has 3 aliphatic rings. The van der Waals surface area contributed by atoms with Crippen molar-refractivity contribution in [2.75, 3.05) is 26.2 Å². The van der Waals surface area contributed by atoms with Crippen LogP contribution >= 0.6 is 11.6 Å². The topological polar surface area (TPSA) is 122 Å². The van der Waals surface area contributed by atoms with Gasteiger partial charge < -0.3 is 20.5 Å². The van der Waals surface area contributed by atoms with Gasteiger partial charge in [0.1, 0.15) is 17.8 Å². The molecule has 4 heterocycles. The molecule has 11 heteroatoms.